The molecule has 1 heterocycles. The van der Waals surface area contributed by atoms with E-state index in [-0.39, 0.29) is 24.2 Å². The Morgan fingerprint density at radius 1 is 0.688 bits per heavy atom. The first kappa shape index (κ1) is 41.5. The van der Waals surface area contributed by atoms with Crippen molar-refractivity contribution < 1.29 is 5.11 Å². The van der Waals surface area contributed by atoms with E-state index in [4.69, 9.17) is 39.0 Å². The fraction of sp³-hybridized carbons (Fsp3) is 0.829. The lowest BCUT2D eigenvalue weighted by Gasteiger charge is -2.22. The summed E-state index contributed by atoms with van der Waals surface area (Å²) in [5.74, 6) is 2.87. The number of hydrogen-bond donors (Lipinski definition) is 3. The Hall–Kier alpha value is -2.68. The van der Waals surface area contributed by atoms with Gasteiger partial charge in [-0.2, -0.15) is 0 Å². The van der Waals surface area contributed by atoms with Gasteiger partial charge in [-0.1, -0.05) is 98.4 Å². The van der Waals surface area contributed by atoms with Crippen LogP contribution in [0.2, 0.25) is 5.02 Å². The van der Waals surface area contributed by atoms with Crippen LogP contribution in [0.5, 0.6) is 0 Å². The smallest absolute Gasteiger partial charge is 0.0633 e. The van der Waals surface area contributed by atoms with Crippen LogP contribution >= 0.6 is 11.6 Å². The monoisotopic (exact) mass is 685 g/mol. The molecule has 0 unspecified atom stereocenters. The maximum atomic E-state index is 9.06. The van der Waals surface area contributed by atoms with E-state index >= 15 is 0 Å². The average molecular weight is 686 g/mol. The zero-order valence-corrected chi connectivity index (χ0v) is 30.2. The van der Waals surface area contributed by atoms with Crippen molar-refractivity contribution in [3.63, 3.8) is 0 Å². The maximum Gasteiger partial charge on any atom is 0.0633 e. The second-order valence-corrected chi connectivity index (χ2v) is 14.7. The van der Waals surface area contributed by atoms with Gasteiger partial charge in [0.25, 0.3) is 0 Å². The Morgan fingerprint density at radius 2 is 1.15 bits per heavy atom. The number of nitrogens with two attached hydrogens (primary N) is 1. The van der Waals surface area contributed by atoms with Crippen LogP contribution in [0, 0.1) is 23.7 Å². The molecule has 0 radical (unpaired) electrons. The summed E-state index contributed by atoms with van der Waals surface area (Å²) in [6.07, 6.45) is 17.1. The van der Waals surface area contributed by atoms with Crippen molar-refractivity contribution in [2.24, 2.45) is 44.7 Å². The molecule has 1 aliphatic heterocycles. The highest BCUT2D eigenvalue weighted by atomic mass is 35.5. The molecule has 48 heavy (non-hydrogen) atoms. The molecule has 4 N–H and O–H groups in total. The van der Waals surface area contributed by atoms with E-state index < -0.39 is 0 Å². The molecule has 12 nitrogen and oxygen atoms in total. The van der Waals surface area contributed by atoms with Crippen LogP contribution in [-0.2, 0) is 6.42 Å². The lowest BCUT2D eigenvalue weighted by Crippen LogP contribution is -2.28. The number of benzene rings is 1. The summed E-state index contributed by atoms with van der Waals surface area (Å²) >= 11 is 5.84. The molecule has 1 aromatic carbocycles. The maximum absolute atomic E-state index is 9.06. The first-order valence-electron chi connectivity index (χ1n) is 18.2. The van der Waals surface area contributed by atoms with Crippen molar-refractivity contribution in [2.45, 2.75) is 147 Å². The molecule has 0 bridgehead atoms. The standard InChI is InChI=1S/C12H16ClN.2C6H11N3.C6H13N.C5H9N3O/c13-12-3-1-10(2-4-12)9-11-5-7-14-8-6-11;2*1-5-3-2-4-6(5)8-9-7;1-5-3-2-4-6(5)7;6-8-7-4-2-1-3-5(4)9/h1-4,11,14H,5-9H2;2*5-6H,2-4H2,1H3;5-6H,2-4,7H2,1H3;4-5,9H,1-3H2/t;5-,6+;5-,6-;5-,6+;4-,5-/m.0101/s1. The minimum absolute atomic E-state index is 0.157. The molecular formula is C35H60ClN11O. The third-order valence-corrected chi connectivity index (χ3v) is 10.8. The van der Waals surface area contributed by atoms with Crippen LogP contribution in [0.25, 0.3) is 31.3 Å². The number of nitrogens with zero attached hydrogens (tertiary/aromatic N) is 9. The van der Waals surface area contributed by atoms with E-state index in [9.17, 15) is 0 Å². The van der Waals surface area contributed by atoms with Gasteiger partial charge in [0, 0.05) is 37.9 Å². The first-order valence-corrected chi connectivity index (χ1v) is 18.6. The van der Waals surface area contributed by atoms with Gasteiger partial charge in [-0.25, -0.2) is 0 Å². The second kappa shape index (κ2) is 24.5. The highest BCUT2D eigenvalue weighted by Crippen LogP contribution is 2.28. The number of halogens is 1. The van der Waals surface area contributed by atoms with Crippen molar-refractivity contribution in [3.05, 3.63) is 66.2 Å². The van der Waals surface area contributed by atoms with Crippen LogP contribution in [0.4, 0.5) is 0 Å². The highest BCUT2D eigenvalue weighted by Gasteiger charge is 2.24. The molecule has 268 valence electrons. The van der Waals surface area contributed by atoms with Crippen molar-refractivity contribution >= 4 is 11.6 Å². The number of aliphatic hydroxyl groups is 1. The SMILES string of the molecule is C[C@@H]1CCC[C@H]1N=[N+]=[N-].C[C@H]1CCC[C@H]1N.C[C@H]1CCC[C@H]1N=[N+]=[N-].Clc1ccc(CC2CCNCC2)cc1.[N-]=[N+]=N[C@@H]1CCC[C@H]1O. The summed E-state index contributed by atoms with van der Waals surface area (Å²) in [6.45, 7) is 8.88. The Morgan fingerprint density at radius 3 is 1.52 bits per heavy atom. The normalized spacial score (nSPS) is 30.5. The fourth-order valence-corrected chi connectivity index (χ4v) is 7.19. The van der Waals surface area contributed by atoms with E-state index in [2.05, 4.69) is 68.3 Å². The predicted molar refractivity (Wildman–Crippen MR) is 196 cm³/mol. The van der Waals surface area contributed by atoms with Gasteiger partial charge in [-0.05, 0) is 129 Å². The minimum Gasteiger partial charge on any atom is -0.393 e. The summed E-state index contributed by atoms with van der Waals surface area (Å²) in [5.41, 5.74) is 31.3. The van der Waals surface area contributed by atoms with E-state index in [1.165, 1.54) is 82.9 Å². The van der Waals surface area contributed by atoms with Crippen LogP contribution in [-0.4, -0.2) is 48.5 Å². The van der Waals surface area contributed by atoms with E-state index in [0.717, 1.165) is 49.0 Å². The molecule has 1 saturated heterocycles. The Balaban J connectivity index is 0.000000213. The molecule has 0 amide bonds. The van der Waals surface area contributed by atoms with Crippen molar-refractivity contribution in [1.29, 1.82) is 0 Å². The molecule has 4 aliphatic carbocycles. The Labute approximate surface area is 292 Å². The zero-order chi connectivity index (χ0) is 35.1. The number of nitrogens with one attached hydrogen (secondary N) is 1. The Bertz CT molecular complexity index is 1070. The molecule has 5 fully saturated rings. The van der Waals surface area contributed by atoms with Gasteiger partial charge in [0.2, 0.25) is 0 Å². The van der Waals surface area contributed by atoms with Crippen molar-refractivity contribution in [2.75, 3.05) is 13.1 Å². The highest BCUT2D eigenvalue weighted by molar-refractivity contribution is 6.30. The summed E-state index contributed by atoms with van der Waals surface area (Å²) in [5, 5.41) is 24.1. The van der Waals surface area contributed by atoms with Gasteiger partial charge in [0.15, 0.2) is 0 Å². The molecule has 0 aromatic heterocycles. The number of piperidine rings is 1. The molecule has 0 spiro atoms. The summed E-state index contributed by atoms with van der Waals surface area (Å²) in [6, 6.07) is 9.19. The minimum atomic E-state index is -0.388. The van der Waals surface area contributed by atoms with Crippen molar-refractivity contribution in [1.82, 2.24) is 5.32 Å². The average Bonchev–Trinajstić information content (AvgIpc) is 3.89. The summed E-state index contributed by atoms with van der Waals surface area (Å²) in [4.78, 5) is 8.22. The van der Waals surface area contributed by atoms with Gasteiger partial charge in [-0.15, -0.1) is 0 Å². The third-order valence-electron chi connectivity index (χ3n) is 10.5. The first-order chi connectivity index (χ1) is 23.2. The lowest BCUT2D eigenvalue weighted by molar-refractivity contribution is 0.165. The molecule has 4 saturated carbocycles. The van der Waals surface area contributed by atoms with E-state index in [1.54, 1.807) is 0 Å². The molecule has 6 rings (SSSR count). The van der Waals surface area contributed by atoms with Gasteiger partial charge >= 0.3 is 0 Å². The van der Waals surface area contributed by atoms with Crippen LogP contribution in [0.3, 0.4) is 0 Å². The fourth-order valence-electron chi connectivity index (χ4n) is 7.06. The number of aliphatic hydroxyl groups excluding tert-OH is 1. The third kappa shape index (κ3) is 16.6. The van der Waals surface area contributed by atoms with E-state index in [1.807, 2.05) is 12.1 Å². The number of rotatable bonds is 5. The Kier molecular flexibility index (Phi) is 21.1. The van der Waals surface area contributed by atoms with Crippen LogP contribution in [0.15, 0.2) is 39.6 Å². The van der Waals surface area contributed by atoms with Crippen molar-refractivity contribution in [3.8, 4) is 0 Å². The van der Waals surface area contributed by atoms with E-state index in [0.29, 0.717) is 17.9 Å². The summed E-state index contributed by atoms with van der Waals surface area (Å²) < 4.78 is 0. The quantitative estimate of drug-likeness (QED) is 0.157. The van der Waals surface area contributed by atoms with Gasteiger partial charge in [0.1, 0.15) is 0 Å². The molecule has 13 heteroatoms. The largest absolute Gasteiger partial charge is 0.393 e. The molecule has 5 aliphatic rings. The van der Waals surface area contributed by atoms with Gasteiger partial charge < -0.3 is 16.2 Å². The lowest BCUT2D eigenvalue weighted by atomic mass is 9.91. The van der Waals surface area contributed by atoms with Gasteiger partial charge in [-0.3, -0.25) is 0 Å². The van der Waals surface area contributed by atoms with Gasteiger partial charge in [0.05, 0.1) is 12.1 Å². The molecular weight excluding hydrogens is 626 g/mol. The number of hydrogen-bond acceptors (Lipinski definition) is 6. The van der Waals surface area contributed by atoms with Crippen LogP contribution in [0.1, 0.15) is 116 Å². The zero-order valence-electron chi connectivity index (χ0n) is 29.5. The number of azide groups is 3. The molecule has 1 aromatic rings. The van der Waals surface area contributed by atoms with Crippen LogP contribution < -0.4 is 11.1 Å². The summed E-state index contributed by atoms with van der Waals surface area (Å²) in [7, 11) is 0. The predicted octanol–water partition coefficient (Wildman–Crippen LogP) is 10.2. The topological polar surface area (TPSA) is 205 Å². The molecule has 8 atom stereocenters. The second-order valence-electron chi connectivity index (χ2n) is 14.2.